The van der Waals surface area contributed by atoms with E-state index in [1.807, 2.05) is 53.2 Å². The average Bonchev–Trinajstić information content (AvgIpc) is 3.42. The summed E-state index contributed by atoms with van der Waals surface area (Å²) in [7, 11) is -1.84. The molecule has 0 aliphatic carbocycles. The minimum Gasteiger partial charge on any atom is -0.268 e. The Morgan fingerprint density at radius 3 is 2.63 bits per heavy atom. The van der Waals surface area contributed by atoms with Crippen molar-refractivity contribution in [3.8, 4) is 16.1 Å². The van der Waals surface area contributed by atoms with Crippen LogP contribution >= 0.6 is 34.4 Å². The van der Waals surface area contributed by atoms with Crippen LogP contribution in [0.15, 0.2) is 63.2 Å². The van der Waals surface area contributed by atoms with Crippen LogP contribution in [-0.4, -0.2) is 36.5 Å². The Kier molecular flexibility index (Phi) is 6.40. The van der Waals surface area contributed by atoms with Gasteiger partial charge < -0.3 is 0 Å². The summed E-state index contributed by atoms with van der Waals surface area (Å²) in [5.41, 5.74) is 1.54. The molecule has 0 aliphatic rings. The van der Waals surface area contributed by atoms with Crippen molar-refractivity contribution >= 4 is 54.7 Å². The van der Waals surface area contributed by atoms with Crippen LogP contribution in [0.25, 0.3) is 26.3 Å². The van der Waals surface area contributed by atoms with E-state index in [2.05, 4.69) is 4.72 Å². The molecule has 1 aromatic carbocycles. The van der Waals surface area contributed by atoms with Gasteiger partial charge in [0.1, 0.15) is 4.83 Å². The van der Waals surface area contributed by atoms with E-state index >= 15 is 0 Å². The summed E-state index contributed by atoms with van der Waals surface area (Å²) in [6, 6.07) is 13.4. The molecule has 4 aromatic rings. The van der Waals surface area contributed by atoms with Crippen molar-refractivity contribution in [2.75, 3.05) is 18.6 Å². The van der Waals surface area contributed by atoms with E-state index in [0.717, 1.165) is 16.1 Å². The number of sulfonamides is 1. The Morgan fingerprint density at radius 2 is 1.93 bits per heavy atom. The first-order valence-electron chi connectivity index (χ1n) is 9.18. The summed E-state index contributed by atoms with van der Waals surface area (Å²) in [5, 5.41) is 5.16. The van der Waals surface area contributed by atoms with Crippen LogP contribution in [0.3, 0.4) is 0 Å². The third kappa shape index (κ3) is 4.37. The minimum atomic E-state index is -3.25. The molecule has 4 rings (SSSR count). The largest absolute Gasteiger partial charge is 0.268 e. The predicted molar refractivity (Wildman–Crippen MR) is 127 cm³/mol. The Hall–Kier alpha value is -1.98. The van der Waals surface area contributed by atoms with Gasteiger partial charge in [0.2, 0.25) is 10.0 Å². The molecule has 0 bridgehead atoms. The number of nitrogens with zero attached hydrogens (tertiary/aromatic N) is 2. The Balaban J connectivity index is 1.77. The molecule has 3 aromatic heterocycles. The number of benzene rings is 1. The van der Waals surface area contributed by atoms with Gasteiger partial charge in [0.15, 0.2) is 5.16 Å². The first-order valence-corrected chi connectivity index (χ1v) is 13.6. The lowest BCUT2D eigenvalue weighted by molar-refractivity contribution is 0.587. The molecular weight excluding hydrogens is 459 g/mol. The first-order chi connectivity index (χ1) is 14.5. The standard InChI is InChI=1S/C20H19N3O3S4/c1-21-30(25,26)12-6-11-28-20-22-18-17(15(13-29-18)16-9-5-10-27-16)19(24)23(20)14-7-3-2-4-8-14/h2-5,7-10,13,21H,6,11-12H2,1H3. The maximum absolute atomic E-state index is 13.6. The molecule has 0 saturated heterocycles. The summed E-state index contributed by atoms with van der Waals surface area (Å²) in [4.78, 5) is 20.1. The highest BCUT2D eigenvalue weighted by Gasteiger charge is 2.19. The molecule has 10 heteroatoms. The summed E-state index contributed by atoms with van der Waals surface area (Å²) in [6.07, 6.45) is 0.460. The van der Waals surface area contributed by atoms with E-state index in [4.69, 9.17) is 4.98 Å². The van der Waals surface area contributed by atoms with Crippen molar-refractivity contribution in [1.29, 1.82) is 0 Å². The van der Waals surface area contributed by atoms with Gasteiger partial charge in [-0.2, -0.15) is 0 Å². The molecule has 30 heavy (non-hydrogen) atoms. The molecule has 0 fully saturated rings. The number of thiophene rings is 2. The zero-order valence-electron chi connectivity index (χ0n) is 16.1. The number of hydrogen-bond acceptors (Lipinski definition) is 7. The molecule has 0 unspecified atom stereocenters. The Morgan fingerprint density at radius 1 is 1.13 bits per heavy atom. The zero-order valence-corrected chi connectivity index (χ0v) is 19.3. The summed E-state index contributed by atoms with van der Waals surface area (Å²) in [5.74, 6) is 0.574. The number of fused-ring (bicyclic) bond motifs is 1. The van der Waals surface area contributed by atoms with E-state index in [0.29, 0.717) is 27.5 Å². The molecule has 1 N–H and O–H groups in total. The predicted octanol–water partition coefficient (Wildman–Crippen LogP) is 4.21. The first kappa shape index (κ1) is 21.3. The highest BCUT2D eigenvalue weighted by atomic mass is 32.2. The van der Waals surface area contributed by atoms with E-state index in [1.54, 1.807) is 15.9 Å². The topological polar surface area (TPSA) is 81.1 Å². The molecule has 0 saturated carbocycles. The van der Waals surface area contributed by atoms with Crippen molar-refractivity contribution in [3.63, 3.8) is 0 Å². The van der Waals surface area contributed by atoms with Crippen molar-refractivity contribution in [3.05, 3.63) is 63.6 Å². The van der Waals surface area contributed by atoms with Crippen molar-refractivity contribution in [1.82, 2.24) is 14.3 Å². The van der Waals surface area contributed by atoms with Crippen molar-refractivity contribution < 1.29 is 8.42 Å². The lowest BCUT2D eigenvalue weighted by Crippen LogP contribution is -2.23. The van der Waals surface area contributed by atoms with Crippen molar-refractivity contribution in [2.24, 2.45) is 0 Å². The lowest BCUT2D eigenvalue weighted by Gasteiger charge is -2.12. The normalized spacial score (nSPS) is 11.9. The molecule has 0 aliphatic heterocycles. The van der Waals surface area contributed by atoms with Gasteiger partial charge in [-0.15, -0.1) is 22.7 Å². The average molecular weight is 478 g/mol. The number of thioether (sulfide) groups is 1. The molecule has 6 nitrogen and oxygen atoms in total. The van der Waals surface area contributed by atoms with Gasteiger partial charge in [0.05, 0.1) is 16.8 Å². The van der Waals surface area contributed by atoms with E-state index in [1.165, 1.54) is 30.1 Å². The van der Waals surface area contributed by atoms with E-state index < -0.39 is 10.0 Å². The Bertz CT molecular complexity index is 1310. The lowest BCUT2D eigenvalue weighted by atomic mass is 10.2. The van der Waals surface area contributed by atoms with Gasteiger partial charge in [-0.3, -0.25) is 9.36 Å². The SMILES string of the molecule is CNS(=O)(=O)CCCSc1nc2scc(-c3cccs3)c2c(=O)n1-c1ccccc1. The third-order valence-corrected chi connectivity index (χ3v) is 8.73. The van der Waals surface area contributed by atoms with Crippen molar-refractivity contribution in [2.45, 2.75) is 11.6 Å². The zero-order chi connectivity index (χ0) is 21.1. The second-order valence-electron chi connectivity index (χ2n) is 6.40. The monoisotopic (exact) mass is 477 g/mol. The number of rotatable bonds is 8. The van der Waals surface area contributed by atoms with E-state index in [-0.39, 0.29) is 11.3 Å². The van der Waals surface area contributed by atoms with Crippen LogP contribution in [0.2, 0.25) is 0 Å². The maximum Gasteiger partial charge on any atom is 0.268 e. The van der Waals surface area contributed by atoms with Crippen LogP contribution in [-0.2, 0) is 10.0 Å². The fourth-order valence-electron chi connectivity index (χ4n) is 3.00. The molecule has 0 amide bonds. The van der Waals surface area contributed by atoms with Gasteiger partial charge in [0, 0.05) is 21.6 Å². The second-order valence-corrected chi connectivity index (χ2v) is 11.3. The van der Waals surface area contributed by atoms with Crippen LogP contribution in [0, 0.1) is 0 Å². The van der Waals surface area contributed by atoms with Gasteiger partial charge in [0.25, 0.3) is 5.56 Å². The van der Waals surface area contributed by atoms with Gasteiger partial charge in [-0.1, -0.05) is 36.0 Å². The number of para-hydroxylation sites is 1. The fourth-order valence-corrected chi connectivity index (χ4v) is 6.67. The van der Waals surface area contributed by atoms with Crippen LogP contribution in [0.4, 0.5) is 0 Å². The van der Waals surface area contributed by atoms with Crippen LogP contribution in [0.1, 0.15) is 6.42 Å². The molecule has 3 heterocycles. The summed E-state index contributed by atoms with van der Waals surface area (Å²) >= 11 is 4.45. The second kappa shape index (κ2) is 9.03. The molecule has 0 atom stereocenters. The third-order valence-electron chi connectivity index (χ3n) is 4.48. The van der Waals surface area contributed by atoms with Gasteiger partial charge >= 0.3 is 0 Å². The number of hydrogen-bond donors (Lipinski definition) is 1. The van der Waals surface area contributed by atoms with Gasteiger partial charge in [-0.25, -0.2) is 18.1 Å². The molecule has 0 radical (unpaired) electrons. The summed E-state index contributed by atoms with van der Waals surface area (Å²) < 4.78 is 27.3. The highest BCUT2D eigenvalue weighted by Crippen LogP contribution is 2.35. The molecule has 156 valence electrons. The minimum absolute atomic E-state index is 0.0375. The van der Waals surface area contributed by atoms with Crippen LogP contribution < -0.4 is 10.3 Å². The van der Waals surface area contributed by atoms with Crippen LogP contribution in [0.5, 0.6) is 0 Å². The molecular formula is C20H19N3O3S4. The fraction of sp³-hybridized carbons (Fsp3) is 0.200. The smallest absolute Gasteiger partial charge is 0.268 e. The number of aromatic nitrogens is 2. The summed E-state index contributed by atoms with van der Waals surface area (Å²) in [6.45, 7) is 0. The quantitative estimate of drug-likeness (QED) is 0.234. The van der Waals surface area contributed by atoms with Gasteiger partial charge in [-0.05, 0) is 37.0 Å². The highest BCUT2D eigenvalue weighted by molar-refractivity contribution is 7.99. The Labute approximate surface area is 186 Å². The number of nitrogens with one attached hydrogen (secondary N) is 1. The van der Waals surface area contributed by atoms with E-state index in [9.17, 15) is 13.2 Å². The molecule has 0 spiro atoms. The maximum atomic E-state index is 13.6.